The molecule has 0 saturated carbocycles. The van der Waals surface area contributed by atoms with Gasteiger partial charge in [-0.1, -0.05) is 40.6 Å². The maximum absolute atomic E-state index is 13.5. The molecule has 8 nitrogen and oxygen atoms in total. The van der Waals surface area contributed by atoms with Gasteiger partial charge in [-0.15, -0.1) is 0 Å². The summed E-state index contributed by atoms with van der Waals surface area (Å²) in [5, 5.41) is 9.93. The number of rotatable bonds is 6. The number of aryl methyl sites for hydroxylation is 1. The van der Waals surface area contributed by atoms with Crippen LogP contribution in [0, 0.1) is 12.8 Å². The highest BCUT2D eigenvalue weighted by Crippen LogP contribution is 2.25. The largest absolute Gasteiger partial charge is 0.486 e. The van der Waals surface area contributed by atoms with Gasteiger partial charge in [0.15, 0.2) is 0 Å². The third kappa shape index (κ3) is 4.77. The molecule has 0 aliphatic carbocycles. The Bertz CT molecular complexity index is 1280. The van der Waals surface area contributed by atoms with Crippen molar-refractivity contribution in [1.29, 1.82) is 0 Å². The van der Waals surface area contributed by atoms with Crippen molar-refractivity contribution in [2.45, 2.75) is 20.0 Å². The van der Waals surface area contributed by atoms with Crippen LogP contribution in [0.25, 0.3) is 10.8 Å². The average molecular weight is 459 g/mol. The Morgan fingerprint density at radius 3 is 2.94 bits per heavy atom. The van der Waals surface area contributed by atoms with Crippen LogP contribution >= 0.6 is 0 Å². The van der Waals surface area contributed by atoms with Gasteiger partial charge in [0.2, 0.25) is 0 Å². The van der Waals surface area contributed by atoms with Gasteiger partial charge < -0.3 is 14.4 Å². The molecule has 8 heteroatoms. The number of benzene rings is 2. The fourth-order valence-electron chi connectivity index (χ4n) is 4.32. The van der Waals surface area contributed by atoms with Crippen LogP contribution in [0.1, 0.15) is 27.3 Å². The number of amides is 1. The van der Waals surface area contributed by atoms with Gasteiger partial charge in [-0.2, -0.15) is 0 Å². The Kier molecular flexibility index (Phi) is 6.49. The summed E-state index contributed by atoms with van der Waals surface area (Å²) in [7, 11) is 0. The summed E-state index contributed by atoms with van der Waals surface area (Å²) in [6.07, 6.45) is 4.52. The van der Waals surface area contributed by atoms with E-state index in [9.17, 15) is 4.79 Å². The first-order valence-electron chi connectivity index (χ1n) is 11.4. The number of carbonyl (C=O) groups excluding carboxylic acids is 1. The van der Waals surface area contributed by atoms with Gasteiger partial charge in [0.1, 0.15) is 23.7 Å². The standard InChI is InChI=1S/C26H26N4O4/c1-18-24(29-34-28-18)17-33-25-8-3-2-7-22(25)26(31)30-11-12-32-16-19(15-30)13-21-6-4-5-20-9-10-27-14-23(20)21/h2-10,14,19H,11-13,15-17H2,1H3/t19-/m1/s1. The van der Waals surface area contributed by atoms with Crippen LogP contribution in [0.15, 0.2) is 65.6 Å². The number of hydrogen-bond acceptors (Lipinski definition) is 7. The van der Waals surface area contributed by atoms with Crippen molar-refractivity contribution in [3.05, 3.63) is 83.4 Å². The molecule has 5 rings (SSSR count). The molecule has 2 aromatic carbocycles. The first-order valence-corrected chi connectivity index (χ1v) is 11.4. The lowest BCUT2D eigenvalue weighted by molar-refractivity contribution is 0.0732. The van der Waals surface area contributed by atoms with E-state index in [4.69, 9.17) is 14.1 Å². The maximum Gasteiger partial charge on any atom is 0.257 e. The van der Waals surface area contributed by atoms with Crippen molar-refractivity contribution in [2.75, 3.05) is 26.3 Å². The van der Waals surface area contributed by atoms with Gasteiger partial charge >= 0.3 is 0 Å². The third-order valence-electron chi connectivity index (χ3n) is 6.14. The quantitative estimate of drug-likeness (QED) is 0.434. The summed E-state index contributed by atoms with van der Waals surface area (Å²) in [6, 6.07) is 15.6. The molecule has 0 unspecified atom stereocenters. The van der Waals surface area contributed by atoms with Crippen LogP contribution in [-0.2, 0) is 17.8 Å². The molecule has 0 N–H and O–H groups in total. The second kappa shape index (κ2) is 10.0. The summed E-state index contributed by atoms with van der Waals surface area (Å²) in [6.45, 7) is 4.24. The first kappa shape index (κ1) is 22.0. The smallest absolute Gasteiger partial charge is 0.257 e. The maximum atomic E-state index is 13.5. The molecule has 0 bridgehead atoms. The number of para-hydroxylation sites is 1. The number of pyridine rings is 1. The van der Waals surface area contributed by atoms with E-state index in [1.807, 2.05) is 29.3 Å². The van der Waals surface area contributed by atoms with Gasteiger partial charge in [0, 0.05) is 36.8 Å². The predicted molar refractivity (Wildman–Crippen MR) is 125 cm³/mol. The molecule has 1 atom stereocenters. The van der Waals surface area contributed by atoms with Crippen molar-refractivity contribution in [3.8, 4) is 5.75 Å². The number of fused-ring (bicyclic) bond motifs is 1. The SMILES string of the molecule is Cc1nonc1COc1ccccc1C(=O)N1CCOC[C@H](Cc2cccc3ccncc23)C1. The number of ether oxygens (including phenoxy) is 2. The molecule has 2 aromatic heterocycles. The van der Waals surface area contributed by atoms with Crippen molar-refractivity contribution in [2.24, 2.45) is 5.92 Å². The van der Waals surface area contributed by atoms with E-state index in [0.717, 1.165) is 11.8 Å². The zero-order valence-corrected chi connectivity index (χ0v) is 19.0. The normalized spacial score (nSPS) is 16.4. The van der Waals surface area contributed by atoms with E-state index < -0.39 is 0 Å². The molecule has 4 aromatic rings. The molecule has 3 heterocycles. The molecular weight excluding hydrogens is 432 g/mol. The van der Waals surface area contributed by atoms with Gasteiger partial charge in [-0.25, -0.2) is 4.63 Å². The summed E-state index contributed by atoms with van der Waals surface area (Å²) in [4.78, 5) is 19.7. The zero-order valence-electron chi connectivity index (χ0n) is 19.0. The van der Waals surface area contributed by atoms with E-state index in [-0.39, 0.29) is 18.4 Å². The lowest BCUT2D eigenvalue weighted by Crippen LogP contribution is -2.36. The fourth-order valence-corrected chi connectivity index (χ4v) is 4.32. The number of nitrogens with zero attached hydrogens (tertiary/aromatic N) is 4. The molecule has 34 heavy (non-hydrogen) atoms. The molecule has 0 spiro atoms. The van der Waals surface area contributed by atoms with E-state index in [1.165, 1.54) is 10.9 Å². The first-order chi connectivity index (χ1) is 16.7. The minimum Gasteiger partial charge on any atom is -0.486 e. The highest BCUT2D eigenvalue weighted by Gasteiger charge is 2.26. The highest BCUT2D eigenvalue weighted by atomic mass is 16.6. The van der Waals surface area contributed by atoms with Crippen molar-refractivity contribution < 1.29 is 18.9 Å². The summed E-state index contributed by atoms with van der Waals surface area (Å²) >= 11 is 0. The number of hydrogen-bond donors (Lipinski definition) is 0. The molecule has 1 fully saturated rings. The van der Waals surface area contributed by atoms with Crippen LogP contribution in [0.3, 0.4) is 0 Å². The Morgan fingerprint density at radius 1 is 1.15 bits per heavy atom. The van der Waals surface area contributed by atoms with Crippen LogP contribution in [-0.4, -0.2) is 52.4 Å². The second-order valence-corrected chi connectivity index (χ2v) is 8.49. The lowest BCUT2D eigenvalue weighted by atomic mass is 9.95. The molecule has 174 valence electrons. The highest BCUT2D eigenvalue weighted by molar-refractivity contribution is 5.97. The van der Waals surface area contributed by atoms with E-state index in [1.54, 1.807) is 25.3 Å². The monoisotopic (exact) mass is 458 g/mol. The molecule has 1 amide bonds. The van der Waals surface area contributed by atoms with Crippen molar-refractivity contribution in [3.63, 3.8) is 0 Å². The zero-order chi connectivity index (χ0) is 23.3. The van der Waals surface area contributed by atoms with Crippen LogP contribution < -0.4 is 4.74 Å². The van der Waals surface area contributed by atoms with Gasteiger partial charge in [0.05, 0.1) is 18.8 Å². The summed E-state index contributed by atoms with van der Waals surface area (Å²) in [5.74, 6) is 0.617. The molecule has 1 aliphatic rings. The Balaban J connectivity index is 1.32. The Hall–Kier alpha value is -3.78. The predicted octanol–water partition coefficient (Wildman–Crippen LogP) is 3.84. The average Bonchev–Trinajstić information content (AvgIpc) is 3.14. The van der Waals surface area contributed by atoms with Crippen LogP contribution in [0.2, 0.25) is 0 Å². The molecular formula is C26H26N4O4. The molecule has 1 aliphatic heterocycles. The Labute approximate surface area is 197 Å². The van der Waals surface area contributed by atoms with Crippen LogP contribution in [0.4, 0.5) is 0 Å². The van der Waals surface area contributed by atoms with E-state index in [0.29, 0.717) is 49.0 Å². The third-order valence-corrected chi connectivity index (χ3v) is 6.14. The van der Waals surface area contributed by atoms with Gasteiger partial charge in [0.25, 0.3) is 5.91 Å². The van der Waals surface area contributed by atoms with E-state index >= 15 is 0 Å². The summed E-state index contributed by atoms with van der Waals surface area (Å²) in [5.41, 5.74) is 3.01. The lowest BCUT2D eigenvalue weighted by Gasteiger charge is -2.25. The number of aromatic nitrogens is 3. The second-order valence-electron chi connectivity index (χ2n) is 8.49. The van der Waals surface area contributed by atoms with Crippen molar-refractivity contribution in [1.82, 2.24) is 20.2 Å². The number of carbonyl (C=O) groups is 1. The topological polar surface area (TPSA) is 90.6 Å². The van der Waals surface area contributed by atoms with E-state index in [2.05, 4.69) is 33.5 Å². The van der Waals surface area contributed by atoms with Gasteiger partial charge in [-0.3, -0.25) is 9.78 Å². The molecule has 0 radical (unpaired) electrons. The van der Waals surface area contributed by atoms with Gasteiger partial charge in [-0.05, 0) is 42.5 Å². The minimum absolute atomic E-state index is 0.0688. The summed E-state index contributed by atoms with van der Waals surface area (Å²) < 4.78 is 16.5. The minimum atomic E-state index is -0.0688. The Morgan fingerprint density at radius 2 is 2.06 bits per heavy atom. The molecule has 1 saturated heterocycles. The van der Waals surface area contributed by atoms with Crippen molar-refractivity contribution >= 4 is 16.7 Å². The fraction of sp³-hybridized carbons (Fsp3) is 0.308. The van der Waals surface area contributed by atoms with Crippen LogP contribution in [0.5, 0.6) is 5.75 Å².